The van der Waals surface area contributed by atoms with Crippen molar-refractivity contribution in [3.8, 4) is 10.6 Å². The lowest BCUT2D eigenvalue weighted by Gasteiger charge is -1.99. The summed E-state index contributed by atoms with van der Waals surface area (Å²) in [5.41, 5.74) is 2.80. The van der Waals surface area contributed by atoms with Crippen LogP contribution >= 0.6 is 11.3 Å². The summed E-state index contributed by atoms with van der Waals surface area (Å²) in [6, 6.07) is 9.98. The number of carbonyl (C=O) groups is 1. The maximum atomic E-state index is 11.5. The van der Waals surface area contributed by atoms with E-state index in [9.17, 15) is 4.79 Å². The van der Waals surface area contributed by atoms with Crippen molar-refractivity contribution >= 4 is 28.0 Å². The number of aryl methyl sites for hydroxylation is 1. The van der Waals surface area contributed by atoms with Crippen molar-refractivity contribution in [2.75, 3.05) is 0 Å². The molecule has 0 saturated carbocycles. The van der Waals surface area contributed by atoms with Gasteiger partial charge in [-0.1, -0.05) is 6.07 Å². The highest BCUT2D eigenvalue weighted by Crippen LogP contribution is 2.29. The van der Waals surface area contributed by atoms with Crippen LogP contribution in [0, 0.1) is 6.92 Å². The largest absolute Gasteiger partial charge is 0.294 e. The van der Waals surface area contributed by atoms with E-state index < -0.39 is 0 Å². The molecule has 0 atom stereocenters. The molecule has 2 heterocycles. The number of carbonyl (C=O) groups excluding carboxylic acids is 1. The molecule has 3 rings (SSSR count). The molecule has 2 aromatic heterocycles. The fraction of sp³-hybridized carbons (Fsp3) is 0.133. The maximum absolute atomic E-state index is 11.5. The Morgan fingerprint density at radius 1 is 1.26 bits per heavy atom. The number of rotatable bonds is 2. The summed E-state index contributed by atoms with van der Waals surface area (Å²) in [4.78, 5) is 21.0. The minimum absolute atomic E-state index is 0.0729. The minimum atomic E-state index is 0.0729. The number of Topliss-reactive ketones (excluding diaryl/α,β-unsaturated/α-hetero) is 1. The molecule has 94 valence electrons. The van der Waals surface area contributed by atoms with Crippen molar-refractivity contribution < 1.29 is 4.79 Å². The summed E-state index contributed by atoms with van der Waals surface area (Å²) in [5.74, 6) is 0.0729. The predicted octanol–water partition coefficient (Wildman–Crippen LogP) is 3.87. The predicted molar refractivity (Wildman–Crippen MR) is 77.6 cm³/mol. The van der Waals surface area contributed by atoms with E-state index in [0.717, 1.165) is 32.0 Å². The van der Waals surface area contributed by atoms with Crippen LogP contribution in [0.25, 0.3) is 21.5 Å². The van der Waals surface area contributed by atoms with Crippen molar-refractivity contribution in [2.45, 2.75) is 13.8 Å². The van der Waals surface area contributed by atoms with Gasteiger partial charge < -0.3 is 0 Å². The van der Waals surface area contributed by atoms with Crippen LogP contribution in [0.2, 0.25) is 0 Å². The third-order valence-corrected chi connectivity index (χ3v) is 4.27. The summed E-state index contributed by atoms with van der Waals surface area (Å²) in [6.45, 7) is 3.45. The van der Waals surface area contributed by atoms with Crippen LogP contribution in [-0.2, 0) is 0 Å². The first-order chi connectivity index (χ1) is 9.15. The molecule has 0 aliphatic rings. The number of benzene rings is 1. The molecule has 1 aromatic carbocycles. The molecule has 19 heavy (non-hydrogen) atoms. The molecule has 0 aliphatic heterocycles. The van der Waals surface area contributed by atoms with Gasteiger partial charge in [-0.15, -0.1) is 11.3 Å². The van der Waals surface area contributed by atoms with E-state index >= 15 is 0 Å². The first-order valence-corrected chi connectivity index (χ1v) is 6.80. The monoisotopic (exact) mass is 268 g/mol. The zero-order chi connectivity index (χ0) is 13.4. The zero-order valence-electron chi connectivity index (χ0n) is 10.7. The lowest BCUT2D eigenvalue weighted by atomic mass is 10.1. The van der Waals surface area contributed by atoms with Crippen molar-refractivity contribution in [3.05, 3.63) is 47.1 Å². The number of hydrogen-bond donors (Lipinski definition) is 0. The summed E-state index contributed by atoms with van der Waals surface area (Å²) in [7, 11) is 0. The van der Waals surface area contributed by atoms with Crippen molar-refractivity contribution in [1.82, 2.24) is 9.97 Å². The summed E-state index contributed by atoms with van der Waals surface area (Å²) < 4.78 is 0. The average Bonchev–Trinajstić information content (AvgIpc) is 2.80. The number of hydrogen-bond acceptors (Lipinski definition) is 4. The second kappa shape index (κ2) is 4.55. The maximum Gasteiger partial charge on any atom is 0.171 e. The van der Waals surface area contributed by atoms with Gasteiger partial charge in [-0.3, -0.25) is 9.78 Å². The molecule has 0 radical (unpaired) electrons. The Labute approximate surface area is 115 Å². The Hall–Kier alpha value is -2.07. The van der Waals surface area contributed by atoms with Gasteiger partial charge in [0.25, 0.3) is 0 Å². The van der Waals surface area contributed by atoms with E-state index in [1.807, 2.05) is 31.2 Å². The molecule has 4 heteroatoms. The van der Waals surface area contributed by atoms with Crippen LogP contribution in [0.3, 0.4) is 0 Å². The van der Waals surface area contributed by atoms with E-state index in [1.165, 1.54) is 11.3 Å². The molecule has 0 spiro atoms. The van der Waals surface area contributed by atoms with Crippen LogP contribution in [0.15, 0.2) is 36.5 Å². The van der Waals surface area contributed by atoms with E-state index in [2.05, 4.69) is 16.0 Å². The van der Waals surface area contributed by atoms with E-state index in [-0.39, 0.29) is 5.78 Å². The minimum Gasteiger partial charge on any atom is -0.294 e. The zero-order valence-corrected chi connectivity index (χ0v) is 11.5. The van der Waals surface area contributed by atoms with E-state index in [1.54, 1.807) is 13.1 Å². The SMILES string of the molecule is CC(=O)c1sc(-c2ccc3ncccc3c2)nc1C. The summed E-state index contributed by atoms with van der Waals surface area (Å²) in [6.07, 6.45) is 1.78. The number of ketones is 1. The smallest absolute Gasteiger partial charge is 0.171 e. The Balaban J connectivity index is 2.13. The molecular formula is C15H12N2OS. The quantitative estimate of drug-likeness (QED) is 0.663. The molecule has 0 bridgehead atoms. The van der Waals surface area contributed by atoms with Gasteiger partial charge in [0.2, 0.25) is 0 Å². The Kier molecular flexibility index (Phi) is 2.87. The van der Waals surface area contributed by atoms with Gasteiger partial charge >= 0.3 is 0 Å². The summed E-state index contributed by atoms with van der Waals surface area (Å²) >= 11 is 1.45. The number of pyridine rings is 1. The van der Waals surface area contributed by atoms with Crippen molar-refractivity contribution in [2.24, 2.45) is 0 Å². The lowest BCUT2D eigenvalue weighted by molar-refractivity contribution is 0.102. The number of thiazole rings is 1. The first-order valence-electron chi connectivity index (χ1n) is 5.98. The molecule has 0 unspecified atom stereocenters. The van der Waals surface area contributed by atoms with Crippen molar-refractivity contribution in [3.63, 3.8) is 0 Å². The Morgan fingerprint density at radius 3 is 2.84 bits per heavy atom. The molecule has 0 amide bonds. The van der Waals surface area contributed by atoms with E-state index in [4.69, 9.17) is 0 Å². The molecule has 0 saturated heterocycles. The van der Waals surface area contributed by atoms with Gasteiger partial charge in [0.15, 0.2) is 5.78 Å². The fourth-order valence-electron chi connectivity index (χ4n) is 2.06. The second-order valence-electron chi connectivity index (χ2n) is 4.40. The Bertz CT molecular complexity index is 777. The number of fused-ring (bicyclic) bond motifs is 1. The topological polar surface area (TPSA) is 42.9 Å². The van der Waals surface area contributed by atoms with Gasteiger partial charge in [-0.25, -0.2) is 4.98 Å². The average molecular weight is 268 g/mol. The van der Waals surface area contributed by atoms with Gasteiger partial charge in [-0.05, 0) is 31.2 Å². The van der Waals surface area contributed by atoms with E-state index in [0.29, 0.717) is 0 Å². The molecule has 3 nitrogen and oxygen atoms in total. The number of nitrogens with zero attached hydrogens (tertiary/aromatic N) is 2. The highest BCUT2D eigenvalue weighted by molar-refractivity contribution is 7.17. The van der Waals surface area contributed by atoms with Crippen LogP contribution in [0.5, 0.6) is 0 Å². The first kappa shape index (κ1) is 12.0. The van der Waals surface area contributed by atoms with Crippen LogP contribution < -0.4 is 0 Å². The van der Waals surface area contributed by atoms with Gasteiger partial charge in [0.1, 0.15) is 5.01 Å². The molecule has 3 aromatic rings. The van der Waals surface area contributed by atoms with Gasteiger partial charge in [0, 0.05) is 24.1 Å². The molecular weight excluding hydrogens is 256 g/mol. The Morgan fingerprint density at radius 2 is 2.11 bits per heavy atom. The van der Waals surface area contributed by atoms with Gasteiger partial charge in [-0.2, -0.15) is 0 Å². The van der Waals surface area contributed by atoms with Crippen LogP contribution in [0.1, 0.15) is 22.3 Å². The third-order valence-electron chi connectivity index (χ3n) is 2.97. The molecule has 0 N–H and O–H groups in total. The third kappa shape index (κ3) is 2.15. The highest BCUT2D eigenvalue weighted by atomic mass is 32.1. The standard InChI is InChI=1S/C15H12N2OS/c1-9-14(10(2)18)19-15(17-9)12-5-6-13-11(8-12)4-3-7-16-13/h3-8H,1-2H3. The fourth-order valence-corrected chi connectivity index (χ4v) is 3.01. The number of aromatic nitrogens is 2. The van der Waals surface area contributed by atoms with Crippen LogP contribution in [0.4, 0.5) is 0 Å². The lowest BCUT2D eigenvalue weighted by Crippen LogP contribution is -1.89. The van der Waals surface area contributed by atoms with Crippen LogP contribution in [-0.4, -0.2) is 15.8 Å². The van der Waals surface area contributed by atoms with Gasteiger partial charge in [0.05, 0.1) is 16.1 Å². The second-order valence-corrected chi connectivity index (χ2v) is 5.40. The normalized spacial score (nSPS) is 10.8. The molecule has 0 aliphatic carbocycles. The molecule has 0 fully saturated rings. The van der Waals surface area contributed by atoms with Crippen molar-refractivity contribution in [1.29, 1.82) is 0 Å². The summed E-state index contributed by atoms with van der Waals surface area (Å²) in [5, 5.41) is 1.96. The highest BCUT2D eigenvalue weighted by Gasteiger charge is 2.12.